The van der Waals surface area contributed by atoms with Crippen molar-refractivity contribution in [3.8, 4) is 0 Å². The van der Waals surface area contributed by atoms with Gasteiger partial charge in [0, 0.05) is 18.8 Å². The van der Waals surface area contributed by atoms with Gasteiger partial charge >= 0.3 is 0 Å². The number of benzene rings is 1. The first-order chi connectivity index (χ1) is 7.72. The average molecular weight is 239 g/mol. The Hall–Kier alpha value is -1.35. The molecule has 1 heterocycles. The molecule has 1 aromatic carbocycles. The molecule has 2 nitrogen and oxygen atoms in total. The first-order valence-electron chi connectivity index (χ1n) is 5.15. The molecule has 0 aliphatic rings. The smallest absolute Gasteiger partial charge is 0.142 e. The minimum atomic E-state index is -0.377. The van der Waals surface area contributed by atoms with E-state index in [1.807, 2.05) is 23.8 Å². The molecule has 0 N–H and O–H groups in total. The van der Waals surface area contributed by atoms with Crippen LogP contribution >= 0.6 is 11.6 Å². The van der Waals surface area contributed by atoms with E-state index in [2.05, 4.69) is 4.98 Å². The molecule has 2 rings (SSSR count). The summed E-state index contributed by atoms with van der Waals surface area (Å²) in [6, 6.07) is 4.85. The average Bonchev–Trinajstić information content (AvgIpc) is 2.72. The molecule has 0 aliphatic carbocycles. The van der Waals surface area contributed by atoms with Crippen LogP contribution < -0.4 is 0 Å². The first-order valence-corrected chi connectivity index (χ1v) is 5.53. The van der Waals surface area contributed by atoms with Crippen molar-refractivity contribution in [3.05, 3.63) is 52.8 Å². The normalized spacial score (nSPS) is 10.7. The molecule has 4 heteroatoms. The second kappa shape index (κ2) is 4.66. The summed E-state index contributed by atoms with van der Waals surface area (Å²) in [6.07, 6.45) is 4.46. The van der Waals surface area contributed by atoms with Crippen LogP contribution in [0.1, 0.15) is 18.3 Å². The number of halogens is 2. The summed E-state index contributed by atoms with van der Waals surface area (Å²) in [6.45, 7) is 2.59. The Kier molecular flexibility index (Phi) is 3.25. The minimum absolute atomic E-state index is 0.193. The summed E-state index contributed by atoms with van der Waals surface area (Å²) in [5, 5.41) is 0.193. The second-order valence-electron chi connectivity index (χ2n) is 3.54. The molecular formula is C12H12ClFN2. The predicted molar refractivity (Wildman–Crippen MR) is 62.1 cm³/mol. The van der Waals surface area contributed by atoms with Crippen molar-refractivity contribution in [2.75, 3.05) is 0 Å². The summed E-state index contributed by atoms with van der Waals surface area (Å²) in [4.78, 5) is 4.21. The molecule has 0 saturated carbocycles. The molecule has 0 spiro atoms. The quantitative estimate of drug-likeness (QED) is 0.803. The standard InChI is InChI=1S/C12H12ClFN2/c1-2-11-15-6-7-16(11)8-9-4-3-5-10(14)12(9)13/h3-7H,2,8H2,1H3. The van der Waals surface area contributed by atoms with Crippen molar-refractivity contribution in [2.45, 2.75) is 19.9 Å². The van der Waals surface area contributed by atoms with E-state index in [-0.39, 0.29) is 10.8 Å². The van der Waals surface area contributed by atoms with Gasteiger partial charge in [-0.2, -0.15) is 0 Å². The third-order valence-corrected chi connectivity index (χ3v) is 2.91. The van der Waals surface area contributed by atoms with E-state index in [0.29, 0.717) is 6.54 Å². The highest BCUT2D eigenvalue weighted by molar-refractivity contribution is 6.31. The van der Waals surface area contributed by atoms with Gasteiger partial charge in [0.05, 0.1) is 11.6 Å². The third kappa shape index (κ3) is 2.09. The van der Waals surface area contributed by atoms with Crippen LogP contribution in [0.2, 0.25) is 5.02 Å². The van der Waals surface area contributed by atoms with Gasteiger partial charge in [-0.3, -0.25) is 0 Å². The van der Waals surface area contributed by atoms with E-state index in [0.717, 1.165) is 17.8 Å². The highest BCUT2D eigenvalue weighted by Crippen LogP contribution is 2.20. The van der Waals surface area contributed by atoms with E-state index < -0.39 is 0 Å². The van der Waals surface area contributed by atoms with Crippen LogP contribution in [0.4, 0.5) is 4.39 Å². The third-order valence-electron chi connectivity index (χ3n) is 2.49. The van der Waals surface area contributed by atoms with Crippen molar-refractivity contribution in [1.29, 1.82) is 0 Å². The number of imidazole rings is 1. The monoisotopic (exact) mass is 238 g/mol. The van der Waals surface area contributed by atoms with Gasteiger partial charge in [-0.25, -0.2) is 9.37 Å². The number of nitrogens with zero attached hydrogens (tertiary/aromatic N) is 2. The lowest BCUT2D eigenvalue weighted by molar-refractivity contribution is 0.623. The van der Waals surface area contributed by atoms with Crippen molar-refractivity contribution in [2.24, 2.45) is 0 Å². The summed E-state index contributed by atoms with van der Waals surface area (Å²) < 4.78 is 15.2. The number of aryl methyl sites for hydroxylation is 1. The van der Waals surface area contributed by atoms with Crippen LogP contribution in [-0.2, 0) is 13.0 Å². The summed E-state index contributed by atoms with van der Waals surface area (Å²) in [7, 11) is 0. The lowest BCUT2D eigenvalue weighted by Gasteiger charge is -2.08. The Bertz CT molecular complexity index is 494. The van der Waals surface area contributed by atoms with Crippen molar-refractivity contribution in [1.82, 2.24) is 9.55 Å². The molecule has 0 unspecified atom stereocenters. The van der Waals surface area contributed by atoms with Crippen LogP contribution in [0.25, 0.3) is 0 Å². The highest BCUT2D eigenvalue weighted by Gasteiger charge is 2.07. The Morgan fingerprint density at radius 1 is 1.44 bits per heavy atom. The van der Waals surface area contributed by atoms with Gasteiger partial charge in [-0.1, -0.05) is 30.7 Å². The number of rotatable bonds is 3. The zero-order valence-corrected chi connectivity index (χ0v) is 9.71. The molecule has 0 saturated heterocycles. The zero-order chi connectivity index (χ0) is 11.5. The summed E-state index contributed by atoms with van der Waals surface area (Å²) >= 11 is 5.90. The van der Waals surface area contributed by atoms with Gasteiger partial charge in [0.15, 0.2) is 0 Å². The SMILES string of the molecule is CCc1nccn1Cc1cccc(F)c1Cl. The second-order valence-corrected chi connectivity index (χ2v) is 3.92. The molecule has 16 heavy (non-hydrogen) atoms. The Morgan fingerprint density at radius 2 is 2.25 bits per heavy atom. The van der Waals surface area contributed by atoms with Crippen LogP contribution in [0.5, 0.6) is 0 Å². The Balaban J connectivity index is 2.30. The molecule has 84 valence electrons. The van der Waals surface area contributed by atoms with Gasteiger partial charge in [-0.05, 0) is 11.6 Å². The predicted octanol–water partition coefficient (Wildman–Crippen LogP) is 3.29. The molecule has 0 aliphatic heterocycles. The van der Waals surface area contributed by atoms with Gasteiger partial charge in [0.2, 0.25) is 0 Å². The number of aromatic nitrogens is 2. The fraction of sp³-hybridized carbons (Fsp3) is 0.250. The van der Waals surface area contributed by atoms with Crippen LogP contribution in [0, 0.1) is 5.82 Å². The van der Waals surface area contributed by atoms with E-state index in [4.69, 9.17) is 11.6 Å². The topological polar surface area (TPSA) is 17.8 Å². The summed E-state index contributed by atoms with van der Waals surface area (Å²) in [5.41, 5.74) is 0.773. The van der Waals surface area contributed by atoms with Crippen LogP contribution in [-0.4, -0.2) is 9.55 Å². The fourth-order valence-electron chi connectivity index (χ4n) is 1.65. The molecule has 0 bridgehead atoms. The van der Waals surface area contributed by atoms with Gasteiger partial charge in [0.25, 0.3) is 0 Å². The first kappa shape index (κ1) is 11.1. The zero-order valence-electron chi connectivity index (χ0n) is 8.95. The minimum Gasteiger partial charge on any atom is -0.330 e. The van der Waals surface area contributed by atoms with Gasteiger partial charge in [-0.15, -0.1) is 0 Å². The fourth-order valence-corrected chi connectivity index (χ4v) is 1.84. The molecule has 1 aromatic heterocycles. The van der Waals surface area contributed by atoms with Crippen LogP contribution in [0.15, 0.2) is 30.6 Å². The van der Waals surface area contributed by atoms with E-state index >= 15 is 0 Å². The number of hydrogen-bond donors (Lipinski definition) is 0. The maximum absolute atomic E-state index is 13.2. The van der Waals surface area contributed by atoms with E-state index in [1.165, 1.54) is 6.07 Å². The van der Waals surface area contributed by atoms with Crippen LogP contribution in [0.3, 0.4) is 0 Å². The molecular weight excluding hydrogens is 227 g/mol. The maximum Gasteiger partial charge on any atom is 0.142 e. The highest BCUT2D eigenvalue weighted by atomic mass is 35.5. The molecule has 0 atom stereocenters. The van der Waals surface area contributed by atoms with Gasteiger partial charge in [0.1, 0.15) is 11.6 Å². The Labute approximate surface area is 98.7 Å². The number of hydrogen-bond acceptors (Lipinski definition) is 1. The molecule has 0 fully saturated rings. The van der Waals surface area contributed by atoms with E-state index in [1.54, 1.807) is 12.3 Å². The lowest BCUT2D eigenvalue weighted by Crippen LogP contribution is -2.04. The molecule has 0 amide bonds. The lowest BCUT2D eigenvalue weighted by atomic mass is 10.2. The van der Waals surface area contributed by atoms with Crippen molar-refractivity contribution in [3.63, 3.8) is 0 Å². The Morgan fingerprint density at radius 3 is 3.00 bits per heavy atom. The summed E-state index contributed by atoms with van der Waals surface area (Å²) in [5.74, 6) is 0.595. The maximum atomic E-state index is 13.2. The molecule has 2 aromatic rings. The largest absolute Gasteiger partial charge is 0.330 e. The van der Waals surface area contributed by atoms with E-state index in [9.17, 15) is 4.39 Å². The van der Waals surface area contributed by atoms with Crippen molar-refractivity contribution < 1.29 is 4.39 Å². The molecule has 0 radical (unpaired) electrons. The van der Waals surface area contributed by atoms with Crippen molar-refractivity contribution >= 4 is 11.6 Å². The van der Waals surface area contributed by atoms with Gasteiger partial charge < -0.3 is 4.57 Å².